The van der Waals surface area contributed by atoms with Gasteiger partial charge in [-0.25, -0.2) is 13.8 Å². The van der Waals surface area contributed by atoms with Crippen molar-refractivity contribution in [1.82, 2.24) is 9.38 Å². The molecule has 0 amide bonds. The Morgan fingerprint density at radius 2 is 2.00 bits per heavy atom. The maximum atomic E-state index is 13.9. The number of benzene rings is 1. The molecule has 2 heterocycles. The standard InChI is InChI=1S/C14H9ClF2N2O/c15-8-3-4-19-12(7-20)14(18-13(19)5-8)10-2-1-9(16)6-11(10)17/h1-6,20H,7H2. The van der Waals surface area contributed by atoms with Gasteiger partial charge in [-0.15, -0.1) is 0 Å². The monoisotopic (exact) mass is 294 g/mol. The Kier molecular flexibility index (Phi) is 3.16. The van der Waals surface area contributed by atoms with Gasteiger partial charge in [-0.2, -0.15) is 0 Å². The number of rotatable bonds is 2. The second kappa shape index (κ2) is 4.85. The lowest BCUT2D eigenvalue weighted by Gasteiger charge is -2.03. The Morgan fingerprint density at radius 3 is 2.70 bits per heavy atom. The number of aliphatic hydroxyl groups is 1. The van der Waals surface area contributed by atoms with Crippen LogP contribution in [0, 0.1) is 11.6 Å². The fraction of sp³-hybridized carbons (Fsp3) is 0.0714. The van der Waals surface area contributed by atoms with Crippen molar-refractivity contribution in [1.29, 1.82) is 0 Å². The highest BCUT2D eigenvalue weighted by atomic mass is 35.5. The summed E-state index contributed by atoms with van der Waals surface area (Å²) in [5, 5.41) is 9.98. The molecule has 3 aromatic rings. The molecule has 3 rings (SSSR count). The van der Waals surface area contributed by atoms with E-state index in [0.717, 1.165) is 12.1 Å². The van der Waals surface area contributed by atoms with Crippen LogP contribution in [0.15, 0.2) is 36.5 Å². The molecule has 1 N–H and O–H groups in total. The van der Waals surface area contributed by atoms with E-state index in [2.05, 4.69) is 4.98 Å². The van der Waals surface area contributed by atoms with Crippen LogP contribution in [-0.2, 0) is 6.61 Å². The molecule has 0 radical (unpaired) electrons. The van der Waals surface area contributed by atoms with E-state index in [4.69, 9.17) is 11.6 Å². The Balaban J connectivity index is 2.30. The molecule has 0 unspecified atom stereocenters. The van der Waals surface area contributed by atoms with Gasteiger partial charge in [-0.3, -0.25) is 0 Å². The van der Waals surface area contributed by atoms with Crippen molar-refractivity contribution in [2.45, 2.75) is 6.61 Å². The van der Waals surface area contributed by atoms with E-state index in [1.54, 1.807) is 22.7 Å². The normalized spacial score (nSPS) is 11.2. The van der Waals surface area contributed by atoms with Crippen molar-refractivity contribution in [3.63, 3.8) is 0 Å². The largest absolute Gasteiger partial charge is 0.390 e. The highest BCUT2D eigenvalue weighted by Gasteiger charge is 2.17. The van der Waals surface area contributed by atoms with Crippen molar-refractivity contribution in [3.8, 4) is 11.3 Å². The lowest BCUT2D eigenvalue weighted by molar-refractivity contribution is 0.276. The van der Waals surface area contributed by atoms with Crippen LogP contribution < -0.4 is 0 Å². The topological polar surface area (TPSA) is 37.5 Å². The van der Waals surface area contributed by atoms with Gasteiger partial charge in [0.05, 0.1) is 18.0 Å². The van der Waals surface area contributed by atoms with Crippen LogP contribution in [0.4, 0.5) is 8.78 Å². The summed E-state index contributed by atoms with van der Waals surface area (Å²) in [6.07, 6.45) is 1.64. The van der Waals surface area contributed by atoms with E-state index < -0.39 is 11.6 Å². The Bertz CT molecular complexity index is 801. The van der Waals surface area contributed by atoms with Crippen LogP contribution in [0.3, 0.4) is 0 Å². The van der Waals surface area contributed by atoms with Gasteiger partial charge >= 0.3 is 0 Å². The molecule has 0 aliphatic carbocycles. The lowest BCUT2D eigenvalue weighted by atomic mass is 10.1. The van der Waals surface area contributed by atoms with E-state index in [1.165, 1.54) is 6.07 Å². The van der Waals surface area contributed by atoms with Gasteiger partial charge in [0, 0.05) is 28.9 Å². The third kappa shape index (κ3) is 2.05. The highest BCUT2D eigenvalue weighted by molar-refractivity contribution is 6.30. The van der Waals surface area contributed by atoms with E-state index in [9.17, 15) is 13.9 Å². The van der Waals surface area contributed by atoms with Crippen molar-refractivity contribution in [2.24, 2.45) is 0 Å². The van der Waals surface area contributed by atoms with Gasteiger partial charge in [-0.05, 0) is 18.2 Å². The first-order valence-electron chi connectivity index (χ1n) is 5.83. The third-order valence-electron chi connectivity index (χ3n) is 3.02. The first-order chi connectivity index (χ1) is 9.60. The highest BCUT2D eigenvalue weighted by Crippen LogP contribution is 2.28. The second-order valence-electron chi connectivity index (χ2n) is 4.26. The molecular formula is C14H9ClF2N2O. The summed E-state index contributed by atoms with van der Waals surface area (Å²) in [6.45, 7) is -0.324. The van der Waals surface area contributed by atoms with Gasteiger partial charge in [-0.1, -0.05) is 11.6 Å². The van der Waals surface area contributed by atoms with Crippen molar-refractivity contribution < 1.29 is 13.9 Å². The molecule has 0 saturated heterocycles. The molecule has 102 valence electrons. The minimum atomic E-state index is -0.728. The average Bonchev–Trinajstić information content (AvgIpc) is 2.75. The molecular weight excluding hydrogens is 286 g/mol. The zero-order chi connectivity index (χ0) is 14.3. The molecule has 0 spiro atoms. The SMILES string of the molecule is OCc1c(-c2ccc(F)cc2F)nc2cc(Cl)ccn12. The maximum Gasteiger partial charge on any atom is 0.139 e. The summed E-state index contributed by atoms with van der Waals surface area (Å²) in [6, 6.07) is 6.48. The molecule has 0 aliphatic rings. The fourth-order valence-electron chi connectivity index (χ4n) is 2.12. The predicted octanol–water partition coefficient (Wildman–Crippen LogP) is 3.43. The zero-order valence-electron chi connectivity index (χ0n) is 10.1. The molecule has 0 fully saturated rings. The van der Waals surface area contributed by atoms with Gasteiger partial charge in [0.25, 0.3) is 0 Å². The summed E-state index contributed by atoms with van der Waals surface area (Å²) < 4.78 is 28.4. The maximum absolute atomic E-state index is 13.9. The molecule has 0 saturated carbocycles. The molecule has 20 heavy (non-hydrogen) atoms. The quantitative estimate of drug-likeness (QED) is 0.786. The van der Waals surface area contributed by atoms with Crippen molar-refractivity contribution in [3.05, 3.63) is 58.9 Å². The van der Waals surface area contributed by atoms with Crippen LogP contribution in [0.25, 0.3) is 16.9 Å². The first-order valence-corrected chi connectivity index (χ1v) is 6.20. The Hall–Kier alpha value is -1.98. The predicted molar refractivity (Wildman–Crippen MR) is 71.5 cm³/mol. The van der Waals surface area contributed by atoms with Gasteiger partial charge in [0.1, 0.15) is 17.3 Å². The number of nitrogens with zero attached hydrogens (tertiary/aromatic N) is 2. The molecule has 6 heteroatoms. The summed E-state index contributed by atoms with van der Waals surface area (Å²) in [5.41, 5.74) is 1.31. The van der Waals surface area contributed by atoms with Crippen molar-refractivity contribution >= 4 is 17.2 Å². The third-order valence-corrected chi connectivity index (χ3v) is 3.26. The van der Waals surface area contributed by atoms with Crippen LogP contribution >= 0.6 is 11.6 Å². The number of hydrogen-bond donors (Lipinski definition) is 1. The number of fused-ring (bicyclic) bond motifs is 1. The minimum Gasteiger partial charge on any atom is -0.390 e. The van der Waals surface area contributed by atoms with Gasteiger partial charge in [0.15, 0.2) is 0 Å². The fourth-order valence-corrected chi connectivity index (χ4v) is 2.27. The molecule has 0 bridgehead atoms. The molecule has 0 atom stereocenters. The second-order valence-corrected chi connectivity index (χ2v) is 4.70. The lowest BCUT2D eigenvalue weighted by Crippen LogP contribution is -1.95. The minimum absolute atomic E-state index is 0.135. The molecule has 3 nitrogen and oxygen atoms in total. The van der Waals surface area contributed by atoms with Crippen LogP contribution in [-0.4, -0.2) is 14.5 Å². The van der Waals surface area contributed by atoms with E-state index in [0.29, 0.717) is 16.4 Å². The van der Waals surface area contributed by atoms with Gasteiger partial charge in [0.2, 0.25) is 0 Å². The first kappa shape index (κ1) is 13.0. The number of imidazole rings is 1. The van der Waals surface area contributed by atoms with Crippen molar-refractivity contribution in [2.75, 3.05) is 0 Å². The number of pyridine rings is 1. The summed E-state index contributed by atoms with van der Waals surface area (Å²) in [4.78, 5) is 4.26. The Morgan fingerprint density at radius 1 is 1.20 bits per heavy atom. The number of halogens is 3. The van der Waals surface area contributed by atoms with E-state index >= 15 is 0 Å². The summed E-state index contributed by atoms with van der Waals surface area (Å²) in [5.74, 6) is -1.39. The number of hydrogen-bond acceptors (Lipinski definition) is 2. The van der Waals surface area contributed by atoms with E-state index in [1.807, 2.05) is 0 Å². The Labute approximate surface area is 118 Å². The smallest absolute Gasteiger partial charge is 0.139 e. The molecule has 0 aliphatic heterocycles. The van der Waals surface area contributed by atoms with Crippen LogP contribution in [0.2, 0.25) is 5.02 Å². The number of aromatic nitrogens is 2. The average molecular weight is 295 g/mol. The zero-order valence-corrected chi connectivity index (χ0v) is 10.9. The van der Waals surface area contributed by atoms with Crippen LogP contribution in [0.5, 0.6) is 0 Å². The van der Waals surface area contributed by atoms with Crippen LogP contribution in [0.1, 0.15) is 5.69 Å². The summed E-state index contributed by atoms with van der Waals surface area (Å²) >= 11 is 5.88. The number of aliphatic hydroxyl groups excluding tert-OH is 1. The summed E-state index contributed by atoms with van der Waals surface area (Å²) in [7, 11) is 0. The molecule has 2 aromatic heterocycles. The molecule has 1 aromatic carbocycles. The van der Waals surface area contributed by atoms with Gasteiger partial charge < -0.3 is 9.51 Å². The van der Waals surface area contributed by atoms with E-state index in [-0.39, 0.29) is 17.9 Å².